The highest BCUT2D eigenvalue weighted by atomic mass is 16.5. The maximum Gasteiger partial charge on any atom is 0.411 e. The molecule has 0 fully saturated rings. The summed E-state index contributed by atoms with van der Waals surface area (Å²) in [7, 11) is 0. The number of nitrogen functional groups attached to an aromatic ring is 1. The second-order valence-electron chi connectivity index (χ2n) is 3.98. The van der Waals surface area contributed by atoms with Crippen LogP contribution in [-0.2, 0) is 14.3 Å². The van der Waals surface area contributed by atoms with Gasteiger partial charge in [-0.2, -0.15) is 0 Å². The number of anilines is 2. The summed E-state index contributed by atoms with van der Waals surface area (Å²) in [6.07, 6.45) is -2.98. The first kappa shape index (κ1) is 16.2. The number of rotatable bonds is 6. The monoisotopic (exact) mass is 296 g/mol. The van der Waals surface area contributed by atoms with Crippen LogP contribution in [0, 0.1) is 0 Å². The van der Waals surface area contributed by atoms with Crippen LogP contribution >= 0.6 is 0 Å². The summed E-state index contributed by atoms with van der Waals surface area (Å²) >= 11 is 0. The molecule has 0 saturated carbocycles. The Morgan fingerprint density at radius 3 is 2.62 bits per heavy atom. The molecule has 0 aliphatic rings. The van der Waals surface area contributed by atoms with Crippen LogP contribution in [0.4, 0.5) is 16.2 Å². The molecule has 0 aliphatic heterocycles. The minimum Gasteiger partial charge on any atom is -0.481 e. The molecule has 21 heavy (non-hydrogen) atoms. The maximum atomic E-state index is 11.4. The Hall–Kier alpha value is -2.81. The minimum absolute atomic E-state index is 0.0154. The van der Waals surface area contributed by atoms with E-state index in [1.54, 1.807) is 0 Å². The summed E-state index contributed by atoms with van der Waals surface area (Å²) in [5.41, 5.74) is 12.5. The fraction of sp³-hybridized carbons (Fsp3) is 0.250. The van der Waals surface area contributed by atoms with Crippen molar-refractivity contribution in [2.24, 2.45) is 0 Å². The number of carbonyl (C=O) groups excluding carboxylic acids is 2. The number of carboxylic acid groups (broad SMARTS) is 1. The number of aliphatic hydroxyl groups excluding tert-OH is 1. The van der Waals surface area contributed by atoms with Crippen molar-refractivity contribution in [2.75, 3.05) is 17.7 Å². The van der Waals surface area contributed by atoms with E-state index in [1.807, 2.05) is 0 Å². The van der Waals surface area contributed by atoms with Crippen molar-refractivity contribution in [2.45, 2.75) is 12.5 Å². The van der Waals surface area contributed by atoms with E-state index in [9.17, 15) is 19.5 Å². The lowest BCUT2D eigenvalue weighted by Crippen LogP contribution is -2.19. The molecule has 1 unspecified atom stereocenters. The molecule has 0 bridgehead atoms. The number of nitrogens with two attached hydrogens (primary N) is 1. The van der Waals surface area contributed by atoms with Crippen molar-refractivity contribution >= 4 is 29.3 Å². The molecular formula is C12H14N3O6. The summed E-state index contributed by atoms with van der Waals surface area (Å²) in [5.74, 6) is -2.34. The number of nitrogens with one attached hydrogen (secondary N) is 2. The molecule has 1 aromatic carbocycles. The molecule has 0 aromatic heterocycles. The number of hydrogen-bond donors (Lipinski definition) is 4. The lowest BCUT2D eigenvalue weighted by molar-refractivity contribution is -0.137. The topological polar surface area (TPSA) is 163 Å². The SMILES string of the molecule is [NH]C(=O)C(O)c1cccc(NC(=O)OCCC(=O)O)c1N. The van der Waals surface area contributed by atoms with Gasteiger partial charge in [-0.3, -0.25) is 20.6 Å². The molecule has 0 saturated heterocycles. The van der Waals surface area contributed by atoms with Gasteiger partial charge in [-0.1, -0.05) is 12.1 Å². The van der Waals surface area contributed by atoms with Crippen LogP contribution in [0.15, 0.2) is 18.2 Å². The number of amides is 2. The molecule has 0 spiro atoms. The minimum atomic E-state index is -1.71. The first-order chi connectivity index (χ1) is 9.82. The Balaban J connectivity index is 2.76. The van der Waals surface area contributed by atoms with Crippen molar-refractivity contribution < 1.29 is 29.3 Å². The van der Waals surface area contributed by atoms with Gasteiger partial charge in [-0.15, -0.1) is 0 Å². The number of para-hydroxylation sites is 1. The van der Waals surface area contributed by atoms with Gasteiger partial charge in [-0.25, -0.2) is 4.79 Å². The van der Waals surface area contributed by atoms with Crippen LogP contribution in [-0.4, -0.2) is 34.8 Å². The zero-order valence-corrected chi connectivity index (χ0v) is 10.8. The van der Waals surface area contributed by atoms with Gasteiger partial charge in [0.05, 0.1) is 17.8 Å². The summed E-state index contributed by atoms with van der Waals surface area (Å²) in [5, 5.41) is 20.2. The van der Waals surface area contributed by atoms with Crippen molar-refractivity contribution in [1.29, 1.82) is 0 Å². The van der Waals surface area contributed by atoms with Crippen LogP contribution in [0.5, 0.6) is 0 Å². The van der Waals surface area contributed by atoms with E-state index in [1.165, 1.54) is 18.2 Å². The number of carbonyl (C=O) groups is 3. The average molecular weight is 296 g/mol. The molecule has 2 amide bonds. The first-order valence-electron chi connectivity index (χ1n) is 5.80. The summed E-state index contributed by atoms with van der Waals surface area (Å²) in [6, 6.07) is 4.16. The van der Waals surface area contributed by atoms with E-state index >= 15 is 0 Å². The van der Waals surface area contributed by atoms with Crippen molar-refractivity contribution in [3.8, 4) is 0 Å². The van der Waals surface area contributed by atoms with E-state index < -0.39 is 24.1 Å². The fourth-order valence-electron chi connectivity index (χ4n) is 1.45. The van der Waals surface area contributed by atoms with Gasteiger partial charge in [0.2, 0.25) is 0 Å². The van der Waals surface area contributed by atoms with Crippen LogP contribution in [0.1, 0.15) is 18.1 Å². The molecule has 113 valence electrons. The molecular weight excluding hydrogens is 282 g/mol. The van der Waals surface area contributed by atoms with Gasteiger partial charge in [0, 0.05) is 5.56 Å². The molecule has 0 heterocycles. The highest BCUT2D eigenvalue weighted by molar-refractivity contribution is 5.91. The predicted octanol–water partition coefficient (Wildman–Crippen LogP) is 0.135. The van der Waals surface area contributed by atoms with E-state index in [4.69, 9.17) is 16.6 Å². The second kappa shape index (κ2) is 7.10. The van der Waals surface area contributed by atoms with Gasteiger partial charge < -0.3 is 20.7 Å². The third-order valence-corrected chi connectivity index (χ3v) is 2.47. The lowest BCUT2D eigenvalue weighted by Gasteiger charge is -2.14. The van der Waals surface area contributed by atoms with E-state index in [-0.39, 0.29) is 30.0 Å². The van der Waals surface area contributed by atoms with Crippen LogP contribution in [0.25, 0.3) is 0 Å². The highest BCUT2D eigenvalue weighted by Crippen LogP contribution is 2.27. The predicted molar refractivity (Wildman–Crippen MR) is 71.1 cm³/mol. The summed E-state index contributed by atoms with van der Waals surface area (Å²) in [4.78, 5) is 32.5. The zero-order valence-electron chi connectivity index (χ0n) is 10.8. The Kier molecular flexibility index (Phi) is 5.49. The number of hydrogen-bond acceptors (Lipinski definition) is 6. The number of aliphatic hydroxyl groups is 1. The molecule has 1 atom stereocenters. The van der Waals surface area contributed by atoms with Crippen molar-refractivity contribution in [3.63, 3.8) is 0 Å². The third kappa shape index (κ3) is 4.66. The van der Waals surface area contributed by atoms with E-state index in [2.05, 4.69) is 10.1 Å². The maximum absolute atomic E-state index is 11.4. The quantitative estimate of drug-likeness (QED) is 0.542. The van der Waals surface area contributed by atoms with Gasteiger partial charge in [0.15, 0.2) is 6.10 Å². The molecule has 6 N–H and O–H groups in total. The lowest BCUT2D eigenvalue weighted by atomic mass is 10.1. The van der Waals surface area contributed by atoms with Gasteiger partial charge in [0.25, 0.3) is 5.91 Å². The Morgan fingerprint density at radius 2 is 2.05 bits per heavy atom. The smallest absolute Gasteiger partial charge is 0.411 e. The largest absolute Gasteiger partial charge is 0.481 e. The molecule has 9 heteroatoms. The summed E-state index contributed by atoms with van der Waals surface area (Å²) < 4.78 is 4.61. The van der Waals surface area contributed by atoms with Crippen LogP contribution < -0.4 is 16.8 Å². The highest BCUT2D eigenvalue weighted by Gasteiger charge is 2.19. The summed E-state index contributed by atoms with van der Waals surface area (Å²) in [6.45, 7) is -0.311. The van der Waals surface area contributed by atoms with Crippen LogP contribution in [0.2, 0.25) is 0 Å². The fourth-order valence-corrected chi connectivity index (χ4v) is 1.45. The first-order valence-corrected chi connectivity index (χ1v) is 5.80. The molecule has 1 radical (unpaired) electrons. The Labute approximate surface area is 119 Å². The Bertz CT molecular complexity index is 560. The van der Waals surface area contributed by atoms with Crippen LogP contribution in [0.3, 0.4) is 0 Å². The van der Waals surface area contributed by atoms with Gasteiger partial charge >= 0.3 is 12.1 Å². The van der Waals surface area contributed by atoms with E-state index in [0.29, 0.717) is 0 Å². The van der Waals surface area contributed by atoms with E-state index in [0.717, 1.165) is 0 Å². The van der Waals surface area contributed by atoms with Crippen molar-refractivity contribution in [1.82, 2.24) is 5.73 Å². The van der Waals surface area contributed by atoms with Crippen molar-refractivity contribution in [3.05, 3.63) is 23.8 Å². The number of benzene rings is 1. The number of ether oxygens (including phenoxy) is 1. The zero-order chi connectivity index (χ0) is 16.0. The number of carboxylic acids is 1. The second-order valence-corrected chi connectivity index (χ2v) is 3.98. The molecule has 1 rings (SSSR count). The normalized spacial score (nSPS) is 11.5. The molecule has 0 aliphatic carbocycles. The average Bonchev–Trinajstić information content (AvgIpc) is 2.39. The van der Waals surface area contributed by atoms with Gasteiger partial charge in [-0.05, 0) is 6.07 Å². The Morgan fingerprint density at radius 1 is 1.38 bits per heavy atom. The molecule has 9 nitrogen and oxygen atoms in total. The molecule has 1 aromatic rings. The third-order valence-electron chi connectivity index (χ3n) is 2.47. The standard InChI is InChI=1S/C12H14N3O6/c13-9-6(10(18)11(14)19)2-1-3-7(9)15-12(20)21-5-4-8(16)17/h1-3,10,14,18H,4-5,13H2,(H,15,20)(H,16,17). The van der Waals surface area contributed by atoms with Gasteiger partial charge in [0.1, 0.15) is 6.61 Å². The number of aliphatic carboxylic acids is 1.